The van der Waals surface area contributed by atoms with Gasteiger partial charge in [0.2, 0.25) is 0 Å². The van der Waals surface area contributed by atoms with E-state index in [1.165, 1.54) is 7.11 Å². The number of piperidine rings is 1. The van der Waals surface area contributed by atoms with Crippen LogP contribution in [0.5, 0.6) is 0 Å². The molecule has 2 N–H and O–H groups in total. The Morgan fingerprint density at radius 2 is 2.08 bits per heavy atom. The second kappa shape index (κ2) is 4.07. The summed E-state index contributed by atoms with van der Waals surface area (Å²) in [5, 5.41) is 0. The standard InChI is InChI=1S/C9H18N2O2/c1-3-11-6-4-9(10,5-7-11)8(12)13-2/h3-7,10H2,1-2H3. The van der Waals surface area contributed by atoms with Gasteiger partial charge >= 0.3 is 5.97 Å². The first-order valence-electron chi connectivity index (χ1n) is 4.72. The highest BCUT2D eigenvalue weighted by Gasteiger charge is 2.38. The van der Waals surface area contributed by atoms with Crippen molar-refractivity contribution in [3.05, 3.63) is 0 Å². The van der Waals surface area contributed by atoms with Crippen molar-refractivity contribution >= 4 is 5.97 Å². The Labute approximate surface area is 79.0 Å². The van der Waals surface area contributed by atoms with E-state index in [1.54, 1.807) is 0 Å². The fraction of sp³-hybridized carbons (Fsp3) is 0.889. The van der Waals surface area contributed by atoms with Crippen molar-refractivity contribution in [2.24, 2.45) is 5.73 Å². The van der Waals surface area contributed by atoms with E-state index < -0.39 is 5.54 Å². The van der Waals surface area contributed by atoms with Gasteiger partial charge in [0.05, 0.1) is 7.11 Å². The van der Waals surface area contributed by atoms with Crippen LogP contribution >= 0.6 is 0 Å². The summed E-state index contributed by atoms with van der Waals surface area (Å²) < 4.78 is 4.68. The second-order valence-corrected chi connectivity index (χ2v) is 3.58. The van der Waals surface area contributed by atoms with Crippen molar-refractivity contribution in [1.29, 1.82) is 0 Å². The lowest BCUT2D eigenvalue weighted by Crippen LogP contribution is -2.56. The van der Waals surface area contributed by atoms with Crippen LogP contribution in [0.25, 0.3) is 0 Å². The predicted molar refractivity (Wildman–Crippen MR) is 50.3 cm³/mol. The summed E-state index contributed by atoms with van der Waals surface area (Å²) in [7, 11) is 1.39. The SMILES string of the molecule is CCN1CCC(N)(C(=O)OC)CC1. The van der Waals surface area contributed by atoms with Crippen LogP contribution in [0, 0.1) is 0 Å². The monoisotopic (exact) mass is 186 g/mol. The molecule has 0 spiro atoms. The Bertz CT molecular complexity index is 186. The minimum absolute atomic E-state index is 0.275. The number of hydrogen-bond acceptors (Lipinski definition) is 4. The molecule has 1 saturated heterocycles. The average molecular weight is 186 g/mol. The lowest BCUT2D eigenvalue weighted by atomic mass is 9.89. The van der Waals surface area contributed by atoms with Crippen LogP contribution < -0.4 is 5.73 Å². The van der Waals surface area contributed by atoms with Crippen LogP contribution in [0.4, 0.5) is 0 Å². The Kier molecular flexibility index (Phi) is 3.27. The van der Waals surface area contributed by atoms with Gasteiger partial charge in [-0.2, -0.15) is 0 Å². The maximum atomic E-state index is 11.3. The summed E-state index contributed by atoms with van der Waals surface area (Å²) in [6, 6.07) is 0. The van der Waals surface area contributed by atoms with Crippen molar-refractivity contribution in [2.45, 2.75) is 25.3 Å². The summed E-state index contributed by atoms with van der Waals surface area (Å²) in [5.74, 6) is -0.275. The molecule has 0 unspecified atom stereocenters. The molecule has 0 aliphatic carbocycles. The van der Waals surface area contributed by atoms with Crippen LogP contribution in [-0.2, 0) is 9.53 Å². The van der Waals surface area contributed by atoms with E-state index >= 15 is 0 Å². The van der Waals surface area contributed by atoms with E-state index in [0.717, 1.165) is 19.6 Å². The molecule has 0 aromatic heterocycles. The number of rotatable bonds is 2. The van der Waals surface area contributed by atoms with Crippen molar-refractivity contribution < 1.29 is 9.53 Å². The Morgan fingerprint density at radius 3 is 2.46 bits per heavy atom. The van der Waals surface area contributed by atoms with Gasteiger partial charge in [0.15, 0.2) is 0 Å². The molecular weight excluding hydrogens is 168 g/mol. The summed E-state index contributed by atoms with van der Waals surface area (Å²) >= 11 is 0. The minimum Gasteiger partial charge on any atom is -0.468 e. The van der Waals surface area contributed by atoms with Crippen molar-refractivity contribution in [2.75, 3.05) is 26.7 Å². The first-order valence-corrected chi connectivity index (χ1v) is 4.72. The molecular formula is C9H18N2O2. The van der Waals surface area contributed by atoms with Gasteiger partial charge in [-0.3, -0.25) is 4.79 Å². The van der Waals surface area contributed by atoms with Crippen LogP contribution in [0.2, 0.25) is 0 Å². The molecule has 1 aliphatic rings. The molecule has 1 fully saturated rings. The lowest BCUT2D eigenvalue weighted by molar-refractivity contribution is -0.149. The molecule has 0 atom stereocenters. The number of methoxy groups -OCH3 is 1. The Hall–Kier alpha value is -0.610. The number of likely N-dealkylation sites (tertiary alicyclic amines) is 1. The Balaban J connectivity index is 2.51. The van der Waals surface area contributed by atoms with Crippen molar-refractivity contribution in [1.82, 2.24) is 4.90 Å². The molecule has 76 valence electrons. The van der Waals surface area contributed by atoms with Gasteiger partial charge in [0.1, 0.15) is 5.54 Å². The molecule has 0 aromatic carbocycles. The van der Waals surface area contributed by atoms with Gasteiger partial charge in [-0.15, -0.1) is 0 Å². The van der Waals surface area contributed by atoms with Crippen LogP contribution in [0.1, 0.15) is 19.8 Å². The van der Waals surface area contributed by atoms with Gasteiger partial charge < -0.3 is 15.4 Å². The van der Waals surface area contributed by atoms with E-state index in [2.05, 4.69) is 16.6 Å². The van der Waals surface area contributed by atoms with Crippen molar-refractivity contribution in [3.63, 3.8) is 0 Å². The zero-order valence-electron chi connectivity index (χ0n) is 8.38. The third kappa shape index (κ3) is 2.19. The number of carbonyl (C=O) groups excluding carboxylic acids is 1. The fourth-order valence-electron chi connectivity index (χ4n) is 1.68. The second-order valence-electron chi connectivity index (χ2n) is 3.58. The minimum atomic E-state index is -0.736. The number of esters is 1. The summed E-state index contributed by atoms with van der Waals surface area (Å²) in [4.78, 5) is 13.6. The average Bonchev–Trinajstić information content (AvgIpc) is 2.18. The molecule has 1 aliphatic heterocycles. The molecule has 0 amide bonds. The largest absolute Gasteiger partial charge is 0.468 e. The summed E-state index contributed by atoms with van der Waals surface area (Å²) in [6.07, 6.45) is 1.40. The molecule has 1 rings (SSSR count). The third-order valence-corrected chi connectivity index (χ3v) is 2.79. The third-order valence-electron chi connectivity index (χ3n) is 2.79. The molecule has 1 heterocycles. The highest BCUT2D eigenvalue weighted by Crippen LogP contribution is 2.20. The molecule has 0 bridgehead atoms. The molecule has 13 heavy (non-hydrogen) atoms. The van der Waals surface area contributed by atoms with E-state index in [0.29, 0.717) is 12.8 Å². The van der Waals surface area contributed by atoms with Crippen LogP contribution in [-0.4, -0.2) is 43.2 Å². The van der Waals surface area contributed by atoms with Gasteiger partial charge in [-0.05, 0) is 19.4 Å². The van der Waals surface area contributed by atoms with Gasteiger partial charge in [-0.25, -0.2) is 0 Å². The molecule has 0 radical (unpaired) electrons. The quantitative estimate of drug-likeness (QED) is 0.615. The zero-order chi connectivity index (χ0) is 9.90. The number of hydrogen-bond donors (Lipinski definition) is 1. The maximum Gasteiger partial charge on any atom is 0.325 e. The van der Waals surface area contributed by atoms with E-state index in [4.69, 9.17) is 5.73 Å². The van der Waals surface area contributed by atoms with Gasteiger partial charge in [0.25, 0.3) is 0 Å². The molecule has 4 heteroatoms. The summed E-state index contributed by atoms with van der Waals surface area (Å²) in [5.41, 5.74) is 5.19. The number of carbonyl (C=O) groups is 1. The number of ether oxygens (including phenoxy) is 1. The zero-order valence-corrected chi connectivity index (χ0v) is 8.38. The maximum absolute atomic E-state index is 11.3. The smallest absolute Gasteiger partial charge is 0.325 e. The lowest BCUT2D eigenvalue weighted by Gasteiger charge is -2.36. The molecule has 0 saturated carbocycles. The summed E-state index contributed by atoms with van der Waals surface area (Å²) in [6.45, 7) is 4.92. The molecule has 0 aromatic rings. The first kappa shape index (κ1) is 10.5. The van der Waals surface area contributed by atoms with Gasteiger partial charge in [0, 0.05) is 13.1 Å². The molecule has 4 nitrogen and oxygen atoms in total. The van der Waals surface area contributed by atoms with Gasteiger partial charge in [-0.1, -0.05) is 6.92 Å². The fourth-order valence-corrected chi connectivity index (χ4v) is 1.68. The van der Waals surface area contributed by atoms with Crippen LogP contribution in [0.15, 0.2) is 0 Å². The highest BCUT2D eigenvalue weighted by atomic mass is 16.5. The van der Waals surface area contributed by atoms with Crippen molar-refractivity contribution in [3.8, 4) is 0 Å². The van der Waals surface area contributed by atoms with E-state index in [9.17, 15) is 4.79 Å². The Morgan fingerprint density at radius 1 is 1.54 bits per heavy atom. The van der Waals surface area contributed by atoms with Crippen LogP contribution in [0.3, 0.4) is 0 Å². The number of nitrogens with two attached hydrogens (primary N) is 1. The first-order chi connectivity index (χ1) is 6.12. The topological polar surface area (TPSA) is 55.6 Å². The predicted octanol–water partition coefficient (Wildman–Crippen LogP) is -0.0274. The normalized spacial score (nSPS) is 22.7. The number of nitrogens with zero attached hydrogens (tertiary/aromatic N) is 1. The van der Waals surface area contributed by atoms with E-state index in [-0.39, 0.29) is 5.97 Å². The highest BCUT2D eigenvalue weighted by molar-refractivity contribution is 5.80. The van der Waals surface area contributed by atoms with E-state index in [1.807, 2.05) is 0 Å².